The molecule has 0 unspecified atom stereocenters. The van der Waals surface area contributed by atoms with Gasteiger partial charge in [-0.15, -0.1) is 15.3 Å². The fourth-order valence-corrected chi connectivity index (χ4v) is 1.93. The van der Waals surface area contributed by atoms with Gasteiger partial charge in [-0.2, -0.15) is 5.21 Å². The second-order valence-corrected chi connectivity index (χ2v) is 8.40. The van der Waals surface area contributed by atoms with Crippen molar-refractivity contribution < 1.29 is 19.1 Å². The molecule has 31 heavy (non-hydrogen) atoms. The van der Waals surface area contributed by atoms with Crippen molar-refractivity contribution in [2.24, 2.45) is 7.05 Å². The van der Waals surface area contributed by atoms with Gasteiger partial charge in [0.15, 0.2) is 11.6 Å². The molecule has 14 heteroatoms. The lowest BCUT2D eigenvalue weighted by Gasteiger charge is -2.19. The summed E-state index contributed by atoms with van der Waals surface area (Å²) in [7, 11) is 1.75. The third-order valence-electron chi connectivity index (χ3n) is 3.13. The molecule has 2 rings (SSSR count). The highest BCUT2D eigenvalue weighted by atomic mass is 16.6. The number of hydrogen-bond donors (Lipinski definition) is 3. The Morgan fingerprint density at radius 3 is 1.90 bits per heavy atom. The zero-order valence-corrected chi connectivity index (χ0v) is 19.1. The van der Waals surface area contributed by atoms with E-state index in [4.69, 9.17) is 9.47 Å². The molecule has 0 aliphatic rings. The average molecular weight is 441 g/mol. The molecule has 0 radical (unpaired) electrons. The van der Waals surface area contributed by atoms with Gasteiger partial charge in [0.25, 0.3) is 0 Å². The van der Waals surface area contributed by atoms with Crippen molar-refractivity contribution in [3.05, 3.63) is 11.6 Å². The largest absolute Gasteiger partial charge is 0.444 e. The summed E-state index contributed by atoms with van der Waals surface area (Å²) in [5.74, 6) is 1.28. The molecule has 0 aromatic carbocycles. The van der Waals surface area contributed by atoms with Gasteiger partial charge < -0.3 is 20.1 Å². The Bertz CT molecular complexity index is 793. The first kappa shape index (κ1) is 25.7. The standard InChI is InChI=1S/C9H17N5O2.C8H15N5O2/c1-9(2,3)16-8(15)10-6-5-7-11-12-13-14(7)4;1-8(2,3)15-7(14)9-5-4-6-10-12-13-11-6/h5-6H2,1-4H3,(H,10,15);4-5H2,1-3H3,(H,9,14)(H,10,11,12,13). The molecule has 2 heterocycles. The van der Waals surface area contributed by atoms with Crippen LogP contribution < -0.4 is 10.6 Å². The van der Waals surface area contributed by atoms with Gasteiger partial charge in [-0.05, 0) is 52.0 Å². The molecule has 0 spiro atoms. The maximum Gasteiger partial charge on any atom is 0.407 e. The maximum absolute atomic E-state index is 11.3. The minimum absolute atomic E-state index is 0.425. The normalized spacial score (nSPS) is 11.2. The summed E-state index contributed by atoms with van der Waals surface area (Å²) in [4.78, 5) is 22.5. The second kappa shape index (κ2) is 11.8. The summed E-state index contributed by atoms with van der Waals surface area (Å²) in [5, 5.41) is 29.4. The van der Waals surface area contributed by atoms with Crippen LogP contribution in [0.5, 0.6) is 0 Å². The summed E-state index contributed by atoms with van der Waals surface area (Å²) in [6, 6.07) is 0. The first-order valence-electron chi connectivity index (χ1n) is 9.73. The number of alkyl carbamates (subject to hydrolysis) is 2. The smallest absolute Gasteiger partial charge is 0.407 e. The predicted octanol–water partition coefficient (Wildman–Crippen LogP) is 0.544. The minimum Gasteiger partial charge on any atom is -0.444 e. The van der Waals surface area contributed by atoms with Crippen molar-refractivity contribution >= 4 is 12.2 Å². The molecule has 2 aromatic heterocycles. The van der Waals surface area contributed by atoms with Crippen LogP contribution in [0.2, 0.25) is 0 Å². The molecular formula is C17H32N10O4. The lowest BCUT2D eigenvalue weighted by molar-refractivity contribution is 0.0516. The number of carbonyl (C=O) groups excluding carboxylic acids is 2. The quantitative estimate of drug-likeness (QED) is 0.575. The van der Waals surface area contributed by atoms with E-state index in [0.717, 1.165) is 5.82 Å². The van der Waals surface area contributed by atoms with Gasteiger partial charge in [-0.1, -0.05) is 5.21 Å². The zero-order chi connectivity index (χ0) is 23.5. The summed E-state index contributed by atoms with van der Waals surface area (Å²) in [5.41, 5.74) is -0.952. The third-order valence-corrected chi connectivity index (χ3v) is 3.13. The number of nitrogens with zero attached hydrogens (tertiary/aromatic N) is 7. The van der Waals surface area contributed by atoms with E-state index < -0.39 is 23.4 Å². The Hall–Kier alpha value is -3.32. The lowest BCUT2D eigenvalue weighted by Crippen LogP contribution is -2.33. The zero-order valence-electron chi connectivity index (χ0n) is 19.1. The van der Waals surface area contributed by atoms with E-state index in [0.29, 0.717) is 31.8 Å². The van der Waals surface area contributed by atoms with Crippen molar-refractivity contribution in [1.82, 2.24) is 51.5 Å². The first-order chi connectivity index (χ1) is 14.4. The van der Waals surface area contributed by atoms with Gasteiger partial charge in [-0.3, -0.25) is 0 Å². The van der Waals surface area contributed by atoms with E-state index in [1.165, 1.54) is 0 Å². The summed E-state index contributed by atoms with van der Waals surface area (Å²) >= 11 is 0. The summed E-state index contributed by atoms with van der Waals surface area (Å²) in [6.45, 7) is 11.8. The molecule has 3 N–H and O–H groups in total. The van der Waals surface area contributed by atoms with Crippen molar-refractivity contribution in [3.63, 3.8) is 0 Å². The number of tetrazole rings is 2. The van der Waals surface area contributed by atoms with Crippen molar-refractivity contribution in [2.45, 2.75) is 65.6 Å². The predicted molar refractivity (Wildman–Crippen MR) is 109 cm³/mol. The molecule has 0 saturated carbocycles. The van der Waals surface area contributed by atoms with Crippen LogP contribution in [0.4, 0.5) is 9.59 Å². The van der Waals surface area contributed by atoms with Crippen LogP contribution in [0.3, 0.4) is 0 Å². The van der Waals surface area contributed by atoms with Crippen LogP contribution in [-0.4, -0.2) is 77.3 Å². The van der Waals surface area contributed by atoms with E-state index >= 15 is 0 Å². The van der Waals surface area contributed by atoms with E-state index in [1.807, 2.05) is 41.5 Å². The summed E-state index contributed by atoms with van der Waals surface area (Å²) < 4.78 is 11.7. The van der Waals surface area contributed by atoms with Gasteiger partial charge in [-0.25, -0.2) is 14.3 Å². The topological polar surface area (TPSA) is 175 Å². The van der Waals surface area contributed by atoms with E-state index in [2.05, 4.69) is 46.8 Å². The van der Waals surface area contributed by atoms with Crippen molar-refractivity contribution in [3.8, 4) is 0 Å². The Kier molecular flexibility index (Phi) is 9.76. The monoisotopic (exact) mass is 440 g/mol. The molecule has 2 aromatic rings. The highest BCUT2D eigenvalue weighted by molar-refractivity contribution is 5.67. The maximum atomic E-state index is 11.3. The molecule has 0 fully saturated rings. The van der Waals surface area contributed by atoms with Crippen molar-refractivity contribution in [1.29, 1.82) is 0 Å². The first-order valence-corrected chi connectivity index (χ1v) is 9.73. The van der Waals surface area contributed by atoms with Gasteiger partial charge in [0.1, 0.15) is 11.2 Å². The molecule has 0 aliphatic heterocycles. The fraction of sp³-hybridized carbons (Fsp3) is 0.765. The van der Waals surface area contributed by atoms with Gasteiger partial charge in [0.2, 0.25) is 0 Å². The van der Waals surface area contributed by atoms with Crippen LogP contribution in [0, 0.1) is 0 Å². The lowest BCUT2D eigenvalue weighted by atomic mass is 10.2. The number of ether oxygens (including phenoxy) is 2. The molecule has 0 saturated heterocycles. The van der Waals surface area contributed by atoms with E-state index in [9.17, 15) is 9.59 Å². The Labute approximate surface area is 180 Å². The Morgan fingerprint density at radius 1 is 0.935 bits per heavy atom. The highest BCUT2D eigenvalue weighted by Gasteiger charge is 2.16. The number of hydrogen-bond acceptors (Lipinski definition) is 10. The number of rotatable bonds is 6. The Morgan fingerprint density at radius 2 is 1.48 bits per heavy atom. The van der Waals surface area contributed by atoms with Crippen LogP contribution in [-0.2, 0) is 29.4 Å². The van der Waals surface area contributed by atoms with Crippen LogP contribution >= 0.6 is 0 Å². The third kappa shape index (κ3) is 12.8. The number of aromatic amines is 1. The van der Waals surface area contributed by atoms with Gasteiger partial charge >= 0.3 is 12.2 Å². The second-order valence-electron chi connectivity index (χ2n) is 8.40. The number of carbonyl (C=O) groups is 2. The summed E-state index contributed by atoms with van der Waals surface area (Å²) in [6.07, 6.45) is 0.229. The number of aromatic nitrogens is 8. The number of amides is 2. The van der Waals surface area contributed by atoms with Crippen LogP contribution in [0.25, 0.3) is 0 Å². The molecule has 2 amide bonds. The molecular weight excluding hydrogens is 408 g/mol. The SMILES string of the molecule is CC(C)(C)OC(=O)NCCc1nn[nH]n1.Cn1nnnc1CCNC(=O)OC(C)(C)C. The highest BCUT2D eigenvalue weighted by Crippen LogP contribution is 2.06. The molecule has 174 valence electrons. The van der Waals surface area contributed by atoms with Gasteiger partial charge in [0, 0.05) is 33.0 Å². The number of nitrogens with one attached hydrogen (secondary N) is 3. The van der Waals surface area contributed by atoms with Crippen molar-refractivity contribution in [2.75, 3.05) is 13.1 Å². The minimum atomic E-state index is -0.476. The van der Waals surface area contributed by atoms with Crippen LogP contribution in [0.1, 0.15) is 53.2 Å². The fourth-order valence-electron chi connectivity index (χ4n) is 1.93. The van der Waals surface area contributed by atoms with Crippen LogP contribution in [0.15, 0.2) is 0 Å². The molecule has 0 aliphatic carbocycles. The van der Waals surface area contributed by atoms with E-state index in [-0.39, 0.29) is 0 Å². The Balaban J connectivity index is 0.000000311. The van der Waals surface area contributed by atoms with Gasteiger partial charge in [0.05, 0.1) is 0 Å². The van der Waals surface area contributed by atoms with E-state index in [1.54, 1.807) is 11.7 Å². The average Bonchev–Trinajstić information content (AvgIpc) is 3.24. The molecule has 14 nitrogen and oxygen atoms in total. The number of H-pyrrole nitrogens is 1. The molecule has 0 bridgehead atoms. The number of aryl methyl sites for hydroxylation is 1. The molecule has 0 atom stereocenters.